The predicted octanol–water partition coefficient (Wildman–Crippen LogP) is 2.38. The molecule has 0 bridgehead atoms. The van der Waals surface area contributed by atoms with Crippen LogP contribution in [0.3, 0.4) is 0 Å². The normalized spacial score (nSPS) is 22.4. The van der Waals surface area contributed by atoms with Gasteiger partial charge in [0, 0.05) is 31.0 Å². The van der Waals surface area contributed by atoms with Gasteiger partial charge in [0.2, 0.25) is 5.91 Å². The summed E-state index contributed by atoms with van der Waals surface area (Å²) in [6.45, 7) is 7.96. The number of likely N-dealkylation sites (tertiary alicyclic amines) is 1. The van der Waals surface area contributed by atoms with Gasteiger partial charge in [0.15, 0.2) is 0 Å². The molecule has 1 aliphatic heterocycles. The molecule has 116 valence electrons. The van der Waals surface area contributed by atoms with Gasteiger partial charge in [0.05, 0.1) is 6.61 Å². The summed E-state index contributed by atoms with van der Waals surface area (Å²) in [6, 6.07) is 8.22. The fourth-order valence-electron chi connectivity index (χ4n) is 2.93. The van der Waals surface area contributed by atoms with Crippen LogP contribution >= 0.6 is 0 Å². The summed E-state index contributed by atoms with van der Waals surface area (Å²) < 4.78 is 5.47. The molecule has 4 nitrogen and oxygen atoms in total. The third-order valence-corrected chi connectivity index (χ3v) is 3.95. The molecule has 0 spiro atoms. The van der Waals surface area contributed by atoms with Crippen molar-refractivity contribution >= 4 is 5.91 Å². The number of hydrogen-bond acceptors (Lipinski definition) is 3. The second kappa shape index (κ2) is 6.94. The van der Waals surface area contributed by atoms with Crippen molar-refractivity contribution in [3.63, 3.8) is 0 Å². The van der Waals surface area contributed by atoms with Crippen LogP contribution in [-0.4, -0.2) is 36.5 Å². The number of benzene rings is 1. The minimum Gasteiger partial charge on any atom is -0.494 e. The minimum atomic E-state index is 0.0243. The third-order valence-electron chi connectivity index (χ3n) is 3.95. The molecule has 0 saturated carbocycles. The molecule has 1 aliphatic rings. The standard InChI is InChI=1S/C17H26N2O2/c1-4-21-16-7-5-13(6-8-16)14-9-15(18)11-19(10-14)17(20)12(2)3/h5-8,12,14-15H,4,9-11,18H2,1-3H3. The average molecular weight is 290 g/mol. The van der Waals surface area contributed by atoms with Gasteiger partial charge in [-0.3, -0.25) is 4.79 Å². The van der Waals surface area contributed by atoms with E-state index >= 15 is 0 Å². The van der Waals surface area contributed by atoms with E-state index in [0.29, 0.717) is 19.1 Å². The summed E-state index contributed by atoms with van der Waals surface area (Å²) >= 11 is 0. The van der Waals surface area contributed by atoms with Gasteiger partial charge in [0.25, 0.3) is 0 Å². The minimum absolute atomic E-state index is 0.0243. The molecule has 2 rings (SSSR count). The second-order valence-electron chi connectivity index (χ2n) is 6.09. The van der Waals surface area contributed by atoms with Gasteiger partial charge < -0.3 is 15.4 Å². The van der Waals surface area contributed by atoms with E-state index < -0.39 is 0 Å². The Balaban J connectivity index is 2.09. The van der Waals surface area contributed by atoms with Gasteiger partial charge in [0.1, 0.15) is 5.75 Å². The highest BCUT2D eigenvalue weighted by Crippen LogP contribution is 2.28. The Kier molecular flexibility index (Phi) is 5.23. The van der Waals surface area contributed by atoms with E-state index in [2.05, 4.69) is 12.1 Å². The van der Waals surface area contributed by atoms with Crippen molar-refractivity contribution in [1.82, 2.24) is 4.90 Å². The van der Waals surface area contributed by atoms with Gasteiger partial charge in [-0.2, -0.15) is 0 Å². The maximum atomic E-state index is 12.2. The van der Waals surface area contributed by atoms with Crippen LogP contribution in [0.4, 0.5) is 0 Å². The fourth-order valence-corrected chi connectivity index (χ4v) is 2.93. The van der Waals surface area contributed by atoms with E-state index in [1.807, 2.05) is 37.8 Å². The third kappa shape index (κ3) is 3.97. The lowest BCUT2D eigenvalue weighted by Crippen LogP contribution is -2.49. The Hall–Kier alpha value is -1.55. The molecule has 1 saturated heterocycles. The van der Waals surface area contributed by atoms with Gasteiger partial charge in [-0.15, -0.1) is 0 Å². The van der Waals surface area contributed by atoms with Crippen molar-refractivity contribution in [2.45, 2.75) is 39.2 Å². The molecule has 0 aliphatic carbocycles. The number of nitrogens with zero attached hydrogens (tertiary/aromatic N) is 1. The number of nitrogens with two attached hydrogens (primary N) is 1. The molecule has 0 aromatic heterocycles. The van der Waals surface area contributed by atoms with E-state index in [4.69, 9.17) is 10.5 Å². The first-order chi connectivity index (χ1) is 10.0. The Bertz CT molecular complexity index is 470. The number of rotatable bonds is 4. The van der Waals surface area contributed by atoms with Gasteiger partial charge >= 0.3 is 0 Å². The fraction of sp³-hybridized carbons (Fsp3) is 0.588. The highest BCUT2D eigenvalue weighted by molar-refractivity contribution is 5.78. The van der Waals surface area contributed by atoms with Crippen LogP contribution in [0.1, 0.15) is 38.7 Å². The topological polar surface area (TPSA) is 55.6 Å². The van der Waals surface area contributed by atoms with E-state index in [9.17, 15) is 4.79 Å². The zero-order valence-electron chi connectivity index (χ0n) is 13.2. The molecule has 2 unspecified atom stereocenters. The van der Waals surface area contributed by atoms with E-state index in [-0.39, 0.29) is 17.9 Å². The maximum Gasteiger partial charge on any atom is 0.225 e. The number of amides is 1. The number of hydrogen-bond donors (Lipinski definition) is 1. The molecule has 1 aromatic rings. The van der Waals surface area contributed by atoms with Crippen LogP contribution in [0.15, 0.2) is 24.3 Å². The van der Waals surface area contributed by atoms with Crippen LogP contribution in [0.2, 0.25) is 0 Å². The van der Waals surface area contributed by atoms with E-state index in [0.717, 1.165) is 18.7 Å². The molecule has 0 radical (unpaired) electrons. The zero-order chi connectivity index (χ0) is 15.4. The van der Waals surface area contributed by atoms with Gasteiger partial charge in [-0.25, -0.2) is 0 Å². The molecule has 1 fully saturated rings. The van der Waals surface area contributed by atoms with E-state index in [1.54, 1.807) is 0 Å². The number of carbonyl (C=O) groups excluding carboxylic acids is 1. The molecule has 1 heterocycles. The molecule has 2 atom stereocenters. The lowest BCUT2D eigenvalue weighted by atomic mass is 9.88. The maximum absolute atomic E-state index is 12.2. The largest absolute Gasteiger partial charge is 0.494 e. The molecule has 4 heteroatoms. The van der Waals surface area contributed by atoms with Crippen molar-refractivity contribution in [1.29, 1.82) is 0 Å². The summed E-state index contributed by atoms with van der Waals surface area (Å²) in [5.74, 6) is 1.42. The zero-order valence-corrected chi connectivity index (χ0v) is 13.2. The van der Waals surface area contributed by atoms with Crippen LogP contribution < -0.4 is 10.5 Å². The van der Waals surface area contributed by atoms with Crippen LogP contribution in [0, 0.1) is 5.92 Å². The van der Waals surface area contributed by atoms with Gasteiger partial charge in [-0.05, 0) is 31.0 Å². The van der Waals surface area contributed by atoms with E-state index in [1.165, 1.54) is 5.56 Å². The lowest BCUT2D eigenvalue weighted by molar-refractivity contribution is -0.136. The summed E-state index contributed by atoms with van der Waals surface area (Å²) in [6.07, 6.45) is 0.926. The van der Waals surface area contributed by atoms with Crippen molar-refractivity contribution in [3.8, 4) is 5.75 Å². The molecule has 1 amide bonds. The first-order valence-corrected chi connectivity index (χ1v) is 7.78. The Morgan fingerprint density at radius 2 is 2.00 bits per heavy atom. The van der Waals surface area contributed by atoms with Crippen molar-refractivity contribution in [2.24, 2.45) is 11.7 Å². The highest BCUT2D eigenvalue weighted by atomic mass is 16.5. The van der Waals surface area contributed by atoms with Crippen LogP contribution in [0.25, 0.3) is 0 Å². The summed E-state index contributed by atoms with van der Waals surface area (Å²) in [5.41, 5.74) is 7.38. The van der Waals surface area contributed by atoms with Crippen molar-refractivity contribution < 1.29 is 9.53 Å². The van der Waals surface area contributed by atoms with Crippen LogP contribution in [0.5, 0.6) is 5.75 Å². The summed E-state index contributed by atoms with van der Waals surface area (Å²) in [7, 11) is 0. The molecule has 1 aromatic carbocycles. The summed E-state index contributed by atoms with van der Waals surface area (Å²) in [5, 5.41) is 0. The Labute approximate surface area is 127 Å². The van der Waals surface area contributed by atoms with Crippen molar-refractivity contribution in [3.05, 3.63) is 29.8 Å². The highest BCUT2D eigenvalue weighted by Gasteiger charge is 2.29. The number of carbonyl (C=O) groups is 1. The summed E-state index contributed by atoms with van der Waals surface area (Å²) in [4.78, 5) is 14.1. The lowest BCUT2D eigenvalue weighted by Gasteiger charge is -2.37. The Morgan fingerprint density at radius 3 is 2.57 bits per heavy atom. The van der Waals surface area contributed by atoms with Crippen LogP contribution in [-0.2, 0) is 4.79 Å². The molecule has 21 heavy (non-hydrogen) atoms. The molecular formula is C17H26N2O2. The molecule has 2 N–H and O–H groups in total. The monoisotopic (exact) mass is 290 g/mol. The first kappa shape index (κ1) is 15.8. The number of piperidine rings is 1. The second-order valence-corrected chi connectivity index (χ2v) is 6.09. The predicted molar refractivity (Wildman–Crippen MR) is 84.4 cm³/mol. The van der Waals surface area contributed by atoms with Gasteiger partial charge in [-0.1, -0.05) is 26.0 Å². The number of ether oxygens (including phenoxy) is 1. The molecular weight excluding hydrogens is 264 g/mol. The van der Waals surface area contributed by atoms with Crippen molar-refractivity contribution in [2.75, 3.05) is 19.7 Å². The first-order valence-electron chi connectivity index (χ1n) is 7.78. The quantitative estimate of drug-likeness (QED) is 0.926. The SMILES string of the molecule is CCOc1ccc(C2CC(N)CN(C(=O)C(C)C)C2)cc1. The smallest absolute Gasteiger partial charge is 0.225 e. The average Bonchev–Trinajstić information content (AvgIpc) is 2.47. The Morgan fingerprint density at radius 1 is 1.33 bits per heavy atom.